The van der Waals surface area contributed by atoms with E-state index >= 15 is 0 Å². The molecule has 1 fully saturated rings. The molecule has 1 aliphatic heterocycles. The Balaban J connectivity index is 1.42. The van der Waals surface area contributed by atoms with Crippen LogP contribution in [-0.4, -0.2) is 51.3 Å². The highest BCUT2D eigenvalue weighted by Crippen LogP contribution is 2.16. The van der Waals surface area contributed by atoms with E-state index in [4.69, 9.17) is 4.52 Å². The van der Waals surface area contributed by atoms with Crippen molar-refractivity contribution in [2.75, 3.05) is 19.6 Å². The van der Waals surface area contributed by atoms with E-state index in [-0.39, 0.29) is 22.9 Å². The molecule has 1 saturated heterocycles. The molecule has 0 saturated carbocycles. The van der Waals surface area contributed by atoms with Crippen molar-refractivity contribution in [2.24, 2.45) is 0 Å². The summed E-state index contributed by atoms with van der Waals surface area (Å²) in [7, 11) is 0. The number of hydrogen-bond acceptors (Lipinski definition) is 6. The quantitative estimate of drug-likeness (QED) is 0.687. The zero-order valence-corrected chi connectivity index (χ0v) is 15.8. The molecule has 0 aromatic carbocycles. The minimum atomic E-state index is -0.303. The van der Waals surface area contributed by atoms with Crippen LogP contribution in [0.1, 0.15) is 43.6 Å². The smallest absolute Gasteiger partial charge is 0.296 e. The van der Waals surface area contributed by atoms with Crippen LogP contribution in [0, 0.1) is 13.8 Å². The van der Waals surface area contributed by atoms with E-state index in [0.29, 0.717) is 55.7 Å². The highest BCUT2D eigenvalue weighted by molar-refractivity contribution is 5.81. The van der Waals surface area contributed by atoms with Crippen molar-refractivity contribution in [3.05, 3.63) is 21.8 Å². The molecule has 9 nitrogen and oxygen atoms in total. The zero-order chi connectivity index (χ0) is 19.4. The third-order valence-electron chi connectivity index (χ3n) is 4.80. The van der Waals surface area contributed by atoms with Crippen molar-refractivity contribution >= 4 is 22.7 Å². The van der Waals surface area contributed by atoms with Crippen molar-refractivity contribution in [3.8, 4) is 0 Å². The molecule has 3 rings (SSSR count). The molecular formula is C18H25N5O4. The van der Waals surface area contributed by atoms with Crippen molar-refractivity contribution in [1.29, 1.82) is 0 Å². The monoisotopic (exact) mass is 375 g/mol. The third-order valence-corrected chi connectivity index (χ3v) is 4.80. The maximum Gasteiger partial charge on any atom is 0.296 e. The number of carbonyl (C=O) groups excluding carboxylic acids is 2. The largest absolute Gasteiger partial charge is 0.360 e. The second kappa shape index (κ2) is 8.32. The van der Waals surface area contributed by atoms with Gasteiger partial charge in [0.15, 0.2) is 5.52 Å². The fraction of sp³-hybridized carbons (Fsp3) is 0.611. The van der Waals surface area contributed by atoms with Crippen LogP contribution in [0.5, 0.6) is 0 Å². The molecule has 0 atom stereocenters. The lowest BCUT2D eigenvalue weighted by Crippen LogP contribution is -2.31. The minimum absolute atomic E-state index is 0.0640. The van der Waals surface area contributed by atoms with Gasteiger partial charge in [-0.3, -0.25) is 14.4 Å². The molecule has 0 spiro atoms. The predicted octanol–water partition coefficient (Wildman–Crippen LogP) is 0.910. The lowest BCUT2D eigenvalue weighted by Gasteiger charge is -2.15. The van der Waals surface area contributed by atoms with E-state index in [9.17, 15) is 14.4 Å². The summed E-state index contributed by atoms with van der Waals surface area (Å²) in [6, 6.07) is 0. The van der Waals surface area contributed by atoms with Crippen molar-refractivity contribution in [2.45, 2.75) is 52.5 Å². The molecule has 1 aliphatic rings. The number of likely N-dealkylation sites (tertiary alicyclic amines) is 1. The third kappa shape index (κ3) is 4.35. The predicted molar refractivity (Wildman–Crippen MR) is 98.2 cm³/mol. The number of aryl methyl sites for hydroxylation is 3. The van der Waals surface area contributed by atoms with Gasteiger partial charge in [0.25, 0.3) is 5.56 Å². The van der Waals surface area contributed by atoms with Gasteiger partial charge < -0.3 is 14.7 Å². The van der Waals surface area contributed by atoms with Crippen LogP contribution >= 0.6 is 0 Å². The van der Waals surface area contributed by atoms with Crippen LogP contribution < -0.4 is 10.9 Å². The summed E-state index contributed by atoms with van der Waals surface area (Å²) in [4.78, 5) is 37.7. The number of hydrogen-bond donors (Lipinski definition) is 1. The van der Waals surface area contributed by atoms with Gasteiger partial charge in [-0.05, 0) is 33.1 Å². The molecule has 1 N–H and O–H groups in total. The number of rotatable bonds is 8. The van der Waals surface area contributed by atoms with E-state index in [0.717, 1.165) is 19.4 Å². The van der Waals surface area contributed by atoms with Gasteiger partial charge in [-0.1, -0.05) is 5.16 Å². The van der Waals surface area contributed by atoms with Crippen molar-refractivity contribution in [3.63, 3.8) is 0 Å². The normalized spacial score (nSPS) is 14.3. The summed E-state index contributed by atoms with van der Waals surface area (Å²) in [5.41, 5.74) is 0.660. The summed E-state index contributed by atoms with van der Waals surface area (Å²) >= 11 is 0. The Morgan fingerprint density at radius 3 is 2.78 bits per heavy atom. The lowest BCUT2D eigenvalue weighted by atomic mass is 10.2. The van der Waals surface area contributed by atoms with E-state index in [2.05, 4.69) is 15.6 Å². The van der Waals surface area contributed by atoms with Crippen molar-refractivity contribution < 1.29 is 14.1 Å². The van der Waals surface area contributed by atoms with E-state index in [1.165, 1.54) is 4.68 Å². The van der Waals surface area contributed by atoms with Crippen molar-refractivity contribution in [1.82, 2.24) is 25.2 Å². The molecule has 9 heteroatoms. The number of nitrogens with zero attached hydrogens (tertiary/aromatic N) is 4. The molecule has 146 valence electrons. The number of aromatic nitrogens is 3. The first-order valence-electron chi connectivity index (χ1n) is 9.35. The van der Waals surface area contributed by atoms with E-state index in [1.807, 2.05) is 4.90 Å². The van der Waals surface area contributed by atoms with Crippen LogP contribution in [0.15, 0.2) is 9.32 Å². The fourth-order valence-corrected chi connectivity index (χ4v) is 3.41. The van der Waals surface area contributed by atoms with Gasteiger partial charge in [0.05, 0.1) is 11.1 Å². The Labute approximate surface area is 156 Å². The molecule has 2 aromatic heterocycles. The Kier molecular flexibility index (Phi) is 5.88. The number of carbonyl (C=O) groups is 2. The average molecular weight is 375 g/mol. The summed E-state index contributed by atoms with van der Waals surface area (Å²) < 4.78 is 6.42. The molecule has 2 amide bonds. The molecule has 0 unspecified atom stereocenters. The second-order valence-electron chi connectivity index (χ2n) is 6.87. The minimum Gasteiger partial charge on any atom is -0.360 e. The molecule has 0 bridgehead atoms. The van der Waals surface area contributed by atoms with Gasteiger partial charge in [0, 0.05) is 39.0 Å². The lowest BCUT2D eigenvalue weighted by molar-refractivity contribution is -0.127. The number of amides is 2. The number of fused-ring (bicyclic) bond motifs is 1. The summed E-state index contributed by atoms with van der Waals surface area (Å²) in [5.74, 6) is 0.717. The Morgan fingerprint density at radius 2 is 2.04 bits per heavy atom. The maximum atomic E-state index is 12.4. The molecule has 27 heavy (non-hydrogen) atoms. The second-order valence-corrected chi connectivity index (χ2v) is 6.87. The summed E-state index contributed by atoms with van der Waals surface area (Å²) in [6.45, 7) is 5.96. The first kappa shape index (κ1) is 19.1. The van der Waals surface area contributed by atoms with Crippen LogP contribution in [0.4, 0.5) is 0 Å². The van der Waals surface area contributed by atoms with Gasteiger partial charge >= 0.3 is 0 Å². The van der Waals surface area contributed by atoms with Gasteiger partial charge in [-0.2, -0.15) is 5.10 Å². The van der Waals surface area contributed by atoms with Crippen LogP contribution in [-0.2, 0) is 16.1 Å². The Hall–Kier alpha value is -2.71. The topological polar surface area (TPSA) is 110 Å². The van der Waals surface area contributed by atoms with Crippen LogP contribution in [0.3, 0.4) is 0 Å². The van der Waals surface area contributed by atoms with E-state index in [1.54, 1.807) is 13.8 Å². The standard InChI is InChI=1S/C18H25N5O4/c1-12-16-13(2)27-21-17(16)18(26)23(20-12)11-3-6-14(24)19-8-5-10-22-9-4-7-15(22)25/h3-11H2,1-2H3,(H,19,24). The van der Waals surface area contributed by atoms with Crippen LogP contribution in [0.25, 0.3) is 10.9 Å². The average Bonchev–Trinajstić information content (AvgIpc) is 3.22. The van der Waals surface area contributed by atoms with Crippen LogP contribution in [0.2, 0.25) is 0 Å². The molecular weight excluding hydrogens is 350 g/mol. The van der Waals surface area contributed by atoms with Gasteiger partial charge in [-0.15, -0.1) is 0 Å². The maximum absolute atomic E-state index is 12.4. The first-order chi connectivity index (χ1) is 13.0. The zero-order valence-electron chi connectivity index (χ0n) is 15.8. The molecule has 0 radical (unpaired) electrons. The highest BCUT2D eigenvalue weighted by Gasteiger charge is 2.19. The highest BCUT2D eigenvalue weighted by atomic mass is 16.5. The SMILES string of the molecule is Cc1nn(CCCC(=O)NCCCN2CCCC2=O)c(=O)c2noc(C)c12. The van der Waals surface area contributed by atoms with Gasteiger partial charge in [-0.25, -0.2) is 4.68 Å². The molecule has 3 heterocycles. The Morgan fingerprint density at radius 1 is 1.22 bits per heavy atom. The Bertz CT molecular complexity index is 901. The first-order valence-corrected chi connectivity index (χ1v) is 9.35. The van der Waals surface area contributed by atoms with Gasteiger partial charge in [0.2, 0.25) is 11.8 Å². The van der Waals surface area contributed by atoms with Gasteiger partial charge in [0.1, 0.15) is 5.76 Å². The van der Waals surface area contributed by atoms with E-state index < -0.39 is 0 Å². The number of nitrogens with one attached hydrogen (secondary N) is 1. The molecule has 0 aliphatic carbocycles. The fourth-order valence-electron chi connectivity index (χ4n) is 3.41. The summed E-state index contributed by atoms with van der Waals surface area (Å²) in [5, 5.41) is 11.6. The molecule has 2 aromatic rings. The summed E-state index contributed by atoms with van der Waals surface area (Å²) in [6.07, 6.45) is 3.13.